The van der Waals surface area contributed by atoms with Crippen LogP contribution < -0.4 is 15.6 Å². The average Bonchev–Trinajstić information content (AvgIpc) is 3.46. The summed E-state index contributed by atoms with van der Waals surface area (Å²) in [6.07, 6.45) is 5.21. The predicted molar refractivity (Wildman–Crippen MR) is 130 cm³/mol. The zero-order valence-corrected chi connectivity index (χ0v) is 19.7. The Balaban J connectivity index is 0.00000304. The Bertz CT molecular complexity index is 1420. The molecule has 2 aliphatic heterocycles. The summed E-state index contributed by atoms with van der Waals surface area (Å²) in [4.78, 5) is 47.8. The number of hydrogen-bond donors (Lipinski definition) is 3. The van der Waals surface area contributed by atoms with Gasteiger partial charge in [0.1, 0.15) is 37.0 Å². The van der Waals surface area contributed by atoms with Crippen LogP contribution in [-0.4, -0.2) is 106 Å². The third kappa shape index (κ3) is 4.57. The van der Waals surface area contributed by atoms with Gasteiger partial charge in [-0.25, -0.2) is 9.36 Å². The Morgan fingerprint density at radius 1 is 1.44 bits per heavy atom. The molecular weight excluding hydrogens is 521 g/mol. The second kappa shape index (κ2) is 10.5. The molecule has 17 heteroatoms. The van der Waals surface area contributed by atoms with E-state index in [0.717, 1.165) is 17.2 Å². The van der Waals surface area contributed by atoms with Crippen molar-refractivity contribution in [1.82, 2.24) is 29.2 Å². The molecular formula is C19H19N9NaO5S2+. The number of nitrogens with one attached hydrogen (secondary N) is 1. The number of oxime groups is 1. The SMILES string of the molecule is CO/N=C(/C(=O)N[C@@H]1C(=O)N2C(C(=O)O)=C(Cn3cc[n+]4ncccc34)CS[C@H]12)c1nsc(N)n1.[NaH]. The summed E-state index contributed by atoms with van der Waals surface area (Å²) in [6.45, 7) is 0.270. The van der Waals surface area contributed by atoms with Crippen LogP contribution in [-0.2, 0) is 25.8 Å². The van der Waals surface area contributed by atoms with E-state index < -0.39 is 29.2 Å². The third-order valence-electron chi connectivity index (χ3n) is 5.39. The molecule has 0 radical (unpaired) electrons. The van der Waals surface area contributed by atoms with Gasteiger partial charge in [-0.2, -0.15) is 9.36 Å². The number of nitrogens with two attached hydrogens (primary N) is 1. The summed E-state index contributed by atoms with van der Waals surface area (Å²) in [5.74, 6) is -2.17. The number of β-lactam (4-membered cyclic amide) rings is 1. The Morgan fingerprint density at radius 3 is 2.94 bits per heavy atom. The molecule has 0 aromatic carbocycles. The molecule has 2 amide bonds. The Labute approximate surface area is 233 Å². The van der Waals surface area contributed by atoms with E-state index in [1.807, 2.05) is 10.6 Å². The topological polar surface area (TPSA) is 182 Å². The van der Waals surface area contributed by atoms with Gasteiger partial charge in [0.15, 0.2) is 11.3 Å². The van der Waals surface area contributed by atoms with Gasteiger partial charge in [0.25, 0.3) is 11.8 Å². The number of carbonyl (C=O) groups excluding carboxylic acids is 2. The second-order valence-electron chi connectivity index (χ2n) is 7.45. The summed E-state index contributed by atoms with van der Waals surface area (Å²) >= 11 is 2.24. The van der Waals surface area contributed by atoms with E-state index in [-0.39, 0.29) is 58.5 Å². The van der Waals surface area contributed by atoms with Gasteiger partial charge < -0.3 is 21.0 Å². The van der Waals surface area contributed by atoms with Crippen LogP contribution in [0.25, 0.3) is 5.65 Å². The van der Waals surface area contributed by atoms with E-state index in [9.17, 15) is 19.5 Å². The van der Waals surface area contributed by atoms with Crippen LogP contribution in [0.3, 0.4) is 0 Å². The number of carboxylic acids is 1. The number of aliphatic carboxylic acids is 1. The van der Waals surface area contributed by atoms with Crippen LogP contribution in [0.1, 0.15) is 5.82 Å². The van der Waals surface area contributed by atoms with Gasteiger partial charge in [-0.15, -0.1) is 16.3 Å². The summed E-state index contributed by atoms with van der Waals surface area (Å²) in [5, 5.41) is 19.9. The maximum absolute atomic E-state index is 13.0. The molecule has 1 fully saturated rings. The van der Waals surface area contributed by atoms with E-state index in [2.05, 4.69) is 24.9 Å². The Hall–Kier alpha value is -3.05. The first-order chi connectivity index (χ1) is 16.9. The molecule has 2 atom stereocenters. The van der Waals surface area contributed by atoms with Crippen molar-refractivity contribution in [2.75, 3.05) is 18.6 Å². The fourth-order valence-electron chi connectivity index (χ4n) is 3.90. The monoisotopic (exact) mass is 540 g/mol. The van der Waals surface area contributed by atoms with Gasteiger partial charge >= 0.3 is 41.2 Å². The molecule has 0 unspecified atom stereocenters. The fourth-order valence-corrected chi connectivity index (χ4v) is 5.67. The predicted octanol–water partition coefficient (Wildman–Crippen LogP) is -1.80. The average molecular weight is 541 g/mol. The van der Waals surface area contributed by atoms with Crippen molar-refractivity contribution in [3.8, 4) is 0 Å². The van der Waals surface area contributed by atoms with Gasteiger partial charge in [-0.3, -0.25) is 14.5 Å². The van der Waals surface area contributed by atoms with Gasteiger partial charge in [0.05, 0.1) is 6.20 Å². The molecule has 3 aromatic rings. The number of amides is 2. The van der Waals surface area contributed by atoms with E-state index >= 15 is 0 Å². The molecule has 0 aliphatic carbocycles. The third-order valence-corrected chi connectivity index (χ3v) is 7.27. The van der Waals surface area contributed by atoms with Crippen molar-refractivity contribution in [1.29, 1.82) is 0 Å². The van der Waals surface area contributed by atoms with Crippen molar-refractivity contribution >= 4 is 87.1 Å². The Morgan fingerprint density at radius 2 is 2.25 bits per heavy atom. The van der Waals surface area contributed by atoms with Gasteiger partial charge in [-0.1, -0.05) is 10.3 Å². The van der Waals surface area contributed by atoms with Crippen LogP contribution in [0.2, 0.25) is 0 Å². The molecule has 0 saturated carbocycles. The number of carboxylic acid groups (broad SMARTS) is 1. The first kappa shape index (κ1) is 26.0. The number of nitrogens with zero attached hydrogens (tertiary/aromatic N) is 7. The van der Waals surface area contributed by atoms with Crippen molar-refractivity contribution in [2.45, 2.75) is 18.0 Å². The maximum atomic E-state index is 13.0. The number of imidazole rings is 1. The zero-order valence-electron chi connectivity index (χ0n) is 18.1. The van der Waals surface area contributed by atoms with E-state index in [0.29, 0.717) is 11.3 Å². The summed E-state index contributed by atoms with van der Waals surface area (Å²) in [6, 6.07) is 2.69. The zero-order chi connectivity index (χ0) is 24.7. The molecule has 1 saturated heterocycles. The fraction of sp³-hybridized carbons (Fsp3) is 0.263. The first-order valence-electron chi connectivity index (χ1n) is 10.1. The van der Waals surface area contributed by atoms with E-state index in [1.165, 1.54) is 23.8 Å². The van der Waals surface area contributed by atoms with Crippen molar-refractivity contribution < 1.29 is 28.8 Å². The summed E-state index contributed by atoms with van der Waals surface area (Å²) in [5.41, 5.74) is 6.60. The molecule has 5 heterocycles. The van der Waals surface area contributed by atoms with E-state index in [4.69, 9.17) is 10.6 Å². The minimum absolute atomic E-state index is 0. The minimum atomic E-state index is -1.21. The van der Waals surface area contributed by atoms with Gasteiger partial charge in [0, 0.05) is 28.9 Å². The second-order valence-corrected chi connectivity index (χ2v) is 9.34. The van der Waals surface area contributed by atoms with E-state index in [1.54, 1.807) is 29.2 Å². The molecule has 14 nitrogen and oxygen atoms in total. The molecule has 182 valence electrons. The molecule has 0 spiro atoms. The number of aromatic nitrogens is 5. The number of thioether (sulfide) groups is 1. The quantitative estimate of drug-likeness (QED) is 0.102. The molecule has 2 aliphatic rings. The number of fused-ring (bicyclic) bond motifs is 2. The number of carbonyl (C=O) groups is 3. The van der Waals surface area contributed by atoms with Crippen LogP contribution in [0.4, 0.5) is 5.13 Å². The summed E-state index contributed by atoms with van der Waals surface area (Å²) < 4.78 is 7.48. The first-order valence-corrected chi connectivity index (χ1v) is 11.9. The van der Waals surface area contributed by atoms with Crippen molar-refractivity contribution in [3.63, 3.8) is 0 Å². The number of nitrogen functional groups attached to an aromatic ring is 1. The normalized spacial score (nSPS) is 19.4. The van der Waals surface area contributed by atoms with Crippen molar-refractivity contribution in [3.05, 3.63) is 47.8 Å². The van der Waals surface area contributed by atoms with Crippen LogP contribution >= 0.6 is 23.3 Å². The molecule has 4 N–H and O–H groups in total. The number of hydrogen-bond acceptors (Lipinski definition) is 11. The number of anilines is 1. The molecule has 36 heavy (non-hydrogen) atoms. The molecule has 0 bridgehead atoms. The number of rotatable bonds is 7. The molecule has 5 rings (SSSR count). The van der Waals surface area contributed by atoms with Gasteiger partial charge in [-0.05, 0) is 6.07 Å². The standard InChI is InChI=1S/C19H17N9O5S2.Na.H/c1-33-24-11(14-23-19(20)35-25-14)15(29)22-12-16(30)28-13(18(31)32)9(8-34-17(12)28)7-26-5-6-27-10(26)3-2-4-21-27;;/h2-6,12,17H,7-8H2,1H3,(H3-,20,22,23,25,29,31,32);;/p+1/b24-11+;;/t12-,17-;;/m1../s1. The van der Waals surface area contributed by atoms with Crippen LogP contribution in [0, 0.1) is 0 Å². The van der Waals surface area contributed by atoms with Crippen molar-refractivity contribution in [2.24, 2.45) is 5.16 Å². The van der Waals surface area contributed by atoms with Crippen LogP contribution in [0.5, 0.6) is 0 Å². The Kier molecular flexibility index (Phi) is 7.60. The van der Waals surface area contributed by atoms with Crippen LogP contribution in [0.15, 0.2) is 47.1 Å². The van der Waals surface area contributed by atoms with Gasteiger partial charge in [0.2, 0.25) is 11.5 Å². The summed E-state index contributed by atoms with van der Waals surface area (Å²) in [7, 11) is 1.25. The molecule has 3 aromatic heterocycles.